The van der Waals surface area contributed by atoms with Crippen LogP contribution in [0.25, 0.3) is 0 Å². The Morgan fingerprint density at radius 3 is 2.30 bits per heavy atom. The predicted octanol–water partition coefficient (Wildman–Crippen LogP) is 3.60. The molecule has 0 radical (unpaired) electrons. The lowest BCUT2D eigenvalue weighted by atomic mass is 10.2. The van der Waals surface area contributed by atoms with Gasteiger partial charge in [-0.15, -0.1) is 0 Å². The molecular formula is C24H23NO5. The number of carbonyl (C=O) groups is 1. The molecule has 1 atom stereocenters. The van der Waals surface area contributed by atoms with Crippen molar-refractivity contribution < 1.29 is 23.7 Å². The van der Waals surface area contributed by atoms with Crippen molar-refractivity contribution in [1.82, 2.24) is 5.32 Å². The van der Waals surface area contributed by atoms with Crippen LogP contribution in [0.5, 0.6) is 23.0 Å². The zero-order valence-corrected chi connectivity index (χ0v) is 16.5. The van der Waals surface area contributed by atoms with Crippen LogP contribution in [0.3, 0.4) is 0 Å². The van der Waals surface area contributed by atoms with Gasteiger partial charge in [0.05, 0.1) is 6.54 Å². The molecule has 0 aromatic heterocycles. The van der Waals surface area contributed by atoms with Crippen molar-refractivity contribution >= 4 is 5.91 Å². The fraction of sp³-hybridized carbons (Fsp3) is 0.208. The summed E-state index contributed by atoms with van der Waals surface area (Å²) in [5.74, 6) is 2.53. The minimum absolute atomic E-state index is 0.0750. The first-order valence-electron chi connectivity index (χ1n) is 9.81. The van der Waals surface area contributed by atoms with E-state index < -0.39 is 0 Å². The average molecular weight is 405 g/mol. The third kappa shape index (κ3) is 5.44. The maximum absolute atomic E-state index is 12.1. The number of carbonyl (C=O) groups excluding carboxylic acids is 1. The number of hydrogen-bond donors (Lipinski definition) is 1. The van der Waals surface area contributed by atoms with E-state index in [0.29, 0.717) is 31.3 Å². The Balaban J connectivity index is 1.17. The molecule has 4 rings (SSSR count). The van der Waals surface area contributed by atoms with E-state index in [9.17, 15) is 4.79 Å². The molecule has 0 saturated carbocycles. The summed E-state index contributed by atoms with van der Waals surface area (Å²) in [4.78, 5) is 12.1. The van der Waals surface area contributed by atoms with Gasteiger partial charge in [-0.2, -0.15) is 0 Å². The maximum atomic E-state index is 12.1. The molecule has 3 aromatic carbocycles. The van der Waals surface area contributed by atoms with E-state index in [1.807, 2.05) is 66.7 Å². The van der Waals surface area contributed by atoms with Crippen molar-refractivity contribution in [3.63, 3.8) is 0 Å². The van der Waals surface area contributed by atoms with Gasteiger partial charge < -0.3 is 24.3 Å². The summed E-state index contributed by atoms with van der Waals surface area (Å²) in [6, 6.07) is 24.6. The van der Waals surface area contributed by atoms with Gasteiger partial charge in [0.25, 0.3) is 5.91 Å². The highest BCUT2D eigenvalue weighted by Gasteiger charge is 2.21. The highest BCUT2D eigenvalue weighted by molar-refractivity contribution is 5.77. The summed E-state index contributed by atoms with van der Waals surface area (Å²) in [5.41, 5.74) is 1.10. The summed E-state index contributed by atoms with van der Waals surface area (Å²) in [5, 5.41) is 2.81. The van der Waals surface area contributed by atoms with Crippen molar-refractivity contribution in [2.75, 3.05) is 19.8 Å². The van der Waals surface area contributed by atoms with Gasteiger partial charge >= 0.3 is 0 Å². The lowest BCUT2D eigenvalue weighted by molar-refractivity contribution is -0.123. The lowest BCUT2D eigenvalue weighted by Crippen LogP contribution is -2.42. The van der Waals surface area contributed by atoms with Gasteiger partial charge in [-0.3, -0.25) is 4.79 Å². The number of amides is 1. The number of rotatable bonds is 8. The predicted molar refractivity (Wildman–Crippen MR) is 112 cm³/mol. The monoisotopic (exact) mass is 405 g/mol. The summed E-state index contributed by atoms with van der Waals surface area (Å²) in [7, 11) is 0. The highest BCUT2D eigenvalue weighted by atomic mass is 16.6. The van der Waals surface area contributed by atoms with E-state index >= 15 is 0 Å². The van der Waals surface area contributed by atoms with E-state index in [-0.39, 0.29) is 18.6 Å². The number of para-hydroxylation sites is 2. The third-order valence-electron chi connectivity index (χ3n) is 4.54. The van der Waals surface area contributed by atoms with Crippen LogP contribution in [0, 0.1) is 0 Å². The summed E-state index contributed by atoms with van der Waals surface area (Å²) < 4.78 is 22.7. The van der Waals surface area contributed by atoms with Crippen LogP contribution in [-0.2, 0) is 11.4 Å². The SMILES string of the molecule is O=C(COc1ccc(OCc2ccccc2)cc1)NC[C@@H]1COc2ccccc2O1. The van der Waals surface area contributed by atoms with Crippen LogP contribution in [0.4, 0.5) is 0 Å². The normalized spacial score (nSPS) is 14.6. The molecule has 1 aliphatic rings. The van der Waals surface area contributed by atoms with Crippen molar-refractivity contribution in [1.29, 1.82) is 0 Å². The fourth-order valence-electron chi connectivity index (χ4n) is 2.96. The Morgan fingerprint density at radius 1 is 0.867 bits per heavy atom. The molecule has 0 saturated heterocycles. The third-order valence-corrected chi connectivity index (χ3v) is 4.54. The quantitative estimate of drug-likeness (QED) is 0.620. The first-order chi connectivity index (χ1) is 14.8. The number of ether oxygens (including phenoxy) is 4. The Hall–Kier alpha value is -3.67. The molecular weight excluding hydrogens is 382 g/mol. The van der Waals surface area contributed by atoms with Gasteiger partial charge in [0.2, 0.25) is 0 Å². The largest absolute Gasteiger partial charge is 0.489 e. The molecule has 0 spiro atoms. The second-order valence-electron chi connectivity index (χ2n) is 6.84. The Kier molecular flexibility index (Phi) is 6.35. The van der Waals surface area contributed by atoms with Gasteiger partial charge in [-0.1, -0.05) is 42.5 Å². The number of fused-ring (bicyclic) bond motifs is 1. The van der Waals surface area contributed by atoms with Crippen LogP contribution < -0.4 is 24.3 Å². The Morgan fingerprint density at radius 2 is 1.53 bits per heavy atom. The first kappa shape index (κ1) is 19.6. The molecule has 6 nitrogen and oxygen atoms in total. The summed E-state index contributed by atoms with van der Waals surface area (Å²) >= 11 is 0. The van der Waals surface area contributed by atoms with Crippen LogP contribution in [0.2, 0.25) is 0 Å². The molecule has 1 N–H and O–H groups in total. The Bertz CT molecular complexity index is 959. The standard InChI is InChI=1S/C24H23NO5/c26-24(25-14-21-16-29-22-8-4-5-9-23(22)30-21)17-28-20-12-10-19(11-13-20)27-15-18-6-2-1-3-7-18/h1-13,21H,14-17H2,(H,25,26)/t21-/m1/s1. The smallest absolute Gasteiger partial charge is 0.258 e. The molecule has 154 valence electrons. The van der Waals surface area contributed by atoms with E-state index in [0.717, 1.165) is 17.1 Å². The van der Waals surface area contributed by atoms with E-state index in [1.54, 1.807) is 12.1 Å². The van der Waals surface area contributed by atoms with Crippen LogP contribution in [0.1, 0.15) is 5.56 Å². The zero-order chi connectivity index (χ0) is 20.6. The second-order valence-corrected chi connectivity index (χ2v) is 6.84. The van der Waals surface area contributed by atoms with Crippen molar-refractivity contribution in [2.24, 2.45) is 0 Å². The number of hydrogen-bond acceptors (Lipinski definition) is 5. The molecule has 30 heavy (non-hydrogen) atoms. The molecule has 1 aliphatic heterocycles. The van der Waals surface area contributed by atoms with Gasteiger partial charge in [-0.25, -0.2) is 0 Å². The Labute approximate surface area is 175 Å². The topological polar surface area (TPSA) is 66.0 Å². The highest BCUT2D eigenvalue weighted by Crippen LogP contribution is 2.30. The minimum atomic E-state index is -0.232. The van der Waals surface area contributed by atoms with Crippen molar-refractivity contribution in [3.8, 4) is 23.0 Å². The molecule has 0 aliphatic carbocycles. The lowest BCUT2D eigenvalue weighted by Gasteiger charge is -2.26. The molecule has 6 heteroatoms. The first-order valence-corrected chi connectivity index (χ1v) is 9.81. The van der Waals surface area contributed by atoms with Gasteiger partial charge in [0.1, 0.15) is 30.8 Å². The van der Waals surface area contributed by atoms with Crippen LogP contribution in [-0.4, -0.2) is 31.8 Å². The molecule has 0 unspecified atom stereocenters. The molecule has 3 aromatic rings. The summed E-state index contributed by atoms with van der Waals surface area (Å²) in [6.45, 7) is 1.17. The molecule has 0 fully saturated rings. The summed E-state index contributed by atoms with van der Waals surface area (Å²) in [6.07, 6.45) is -0.232. The molecule has 0 bridgehead atoms. The van der Waals surface area contributed by atoms with E-state index in [1.165, 1.54) is 0 Å². The van der Waals surface area contributed by atoms with Gasteiger partial charge in [0, 0.05) is 0 Å². The zero-order valence-electron chi connectivity index (χ0n) is 16.5. The van der Waals surface area contributed by atoms with Gasteiger partial charge in [0.15, 0.2) is 18.1 Å². The van der Waals surface area contributed by atoms with Crippen LogP contribution in [0.15, 0.2) is 78.9 Å². The van der Waals surface area contributed by atoms with E-state index in [4.69, 9.17) is 18.9 Å². The van der Waals surface area contributed by atoms with Crippen molar-refractivity contribution in [3.05, 3.63) is 84.4 Å². The minimum Gasteiger partial charge on any atom is -0.489 e. The van der Waals surface area contributed by atoms with Gasteiger partial charge in [-0.05, 0) is 42.0 Å². The van der Waals surface area contributed by atoms with E-state index in [2.05, 4.69) is 5.32 Å². The van der Waals surface area contributed by atoms with Crippen molar-refractivity contribution in [2.45, 2.75) is 12.7 Å². The second kappa shape index (κ2) is 9.69. The molecule has 1 heterocycles. The van der Waals surface area contributed by atoms with Crippen LogP contribution >= 0.6 is 0 Å². The number of benzene rings is 3. The number of nitrogens with one attached hydrogen (secondary N) is 1. The molecule has 1 amide bonds. The average Bonchev–Trinajstić information content (AvgIpc) is 2.81. The fourth-order valence-corrected chi connectivity index (χ4v) is 2.96. The maximum Gasteiger partial charge on any atom is 0.258 e.